The van der Waals surface area contributed by atoms with Crippen LogP contribution in [0.25, 0.3) is 0 Å². The summed E-state index contributed by atoms with van der Waals surface area (Å²) in [5.41, 5.74) is 0.340. The molecule has 4 amide bonds. The number of nitrogens with zero attached hydrogens (tertiary/aromatic N) is 2. The van der Waals surface area contributed by atoms with Gasteiger partial charge in [-0.05, 0) is 36.8 Å². The number of urea groups is 1. The monoisotopic (exact) mass is 384 g/mol. The van der Waals surface area contributed by atoms with Gasteiger partial charge in [0.2, 0.25) is 11.8 Å². The van der Waals surface area contributed by atoms with Crippen molar-refractivity contribution >= 4 is 29.2 Å². The highest BCUT2D eigenvalue weighted by atomic mass is 16.6. The van der Waals surface area contributed by atoms with Gasteiger partial charge in [-0.2, -0.15) is 0 Å². The van der Waals surface area contributed by atoms with Crippen LogP contribution in [0.5, 0.6) is 0 Å². The van der Waals surface area contributed by atoms with Crippen molar-refractivity contribution in [2.45, 2.75) is 12.8 Å². The summed E-state index contributed by atoms with van der Waals surface area (Å²) in [5, 5.41) is 15.8. The summed E-state index contributed by atoms with van der Waals surface area (Å²) in [4.78, 5) is 48.7. The first-order valence-electron chi connectivity index (χ1n) is 9.28. The van der Waals surface area contributed by atoms with Crippen molar-refractivity contribution in [1.29, 1.82) is 0 Å². The van der Waals surface area contributed by atoms with E-state index in [0.29, 0.717) is 5.69 Å². The standard InChI is InChI=1S/C19H20N4O5/c24-17-15-11-1-2-12(4-3-11)16(15)18(25)22(17)10-9-20-19(26)21-13-5-7-14(8-6-13)23(27)28/h1-2,5-8,11-12,15-16H,3-4,9-10H2,(H2,20,21,26). The first kappa shape index (κ1) is 18.1. The lowest BCUT2D eigenvalue weighted by Crippen LogP contribution is -2.40. The number of non-ortho nitro benzene ring substituents is 1. The van der Waals surface area contributed by atoms with Gasteiger partial charge in [-0.15, -0.1) is 0 Å². The van der Waals surface area contributed by atoms with E-state index in [1.54, 1.807) is 0 Å². The summed E-state index contributed by atoms with van der Waals surface area (Å²) in [5.74, 6) is -0.460. The highest BCUT2D eigenvalue weighted by Crippen LogP contribution is 2.49. The molecule has 3 aliphatic carbocycles. The molecule has 2 bridgehead atoms. The number of rotatable bonds is 5. The van der Waals surface area contributed by atoms with Crippen molar-refractivity contribution in [2.24, 2.45) is 23.7 Å². The average Bonchev–Trinajstić information content (AvgIpc) is 2.96. The Kier molecular flexibility index (Phi) is 4.58. The molecule has 9 nitrogen and oxygen atoms in total. The van der Waals surface area contributed by atoms with E-state index in [4.69, 9.17) is 0 Å². The van der Waals surface area contributed by atoms with E-state index in [1.165, 1.54) is 29.2 Å². The Labute approximate surface area is 160 Å². The van der Waals surface area contributed by atoms with Crippen molar-refractivity contribution in [2.75, 3.05) is 18.4 Å². The average molecular weight is 384 g/mol. The number of nitro benzene ring substituents is 1. The molecule has 1 aromatic carbocycles. The van der Waals surface area contributed by atoms with Crippen molar-refractivity contribution < 1.29 is 19.3 Å². The van der Waals surface area contributed by atoms with Crippen molar-refractivity contribution in [3.8, 4) is 0 Å². The second kappa shape index (κ2) is 7.06. The van der Waals surface area contributed by atoms with Gasteiger partial charge >= 0.3 is 6.03 Å². The number of hydrogen-bond donors (Lipinski definition) is 2. The molecule has 28 heavy (non-hydrogen) atoms. The number of carbonyl (C=O) groups excluding carboxylic acids is 3. The number of nitrogens with one attached hydrogen (secondary N) is 2. The number of imide groups is 1. The Bertz CT molecular complexity index is 834. The van der Waals surface area contributed by atoms with Crippen LogP contribution >= 0.6 is 0 Å². The van der Waals surface area contributed by atoms with E-state index in [9.17, 15) is 24.5 Å². The zero-order chi connectivity index (χ0) is 19.8. The molecule has 0 spiro atoms. The number of amides is 4. The minimum atomic E-state index is -0.521. The van der Waals surface area contributed by atoms with Crippen LogP contribution in [0.3, 0.4) is 0 Å². The normalized spacial score (nSPS) is 27.6. The Balaban J connectivity index is 1.29. The minimum absolute atomic E-state index is 0.0676. The smallest absolute Gasteiger partial charge is 0.319 e. The Morgan fingerprint density at radius 3 is 2.14 bits per heavy atom. The largest absolute Gasteiger partial charge is 0.336 e. The lowest BCUT2D eigenvalue weighted by atomic mass is 9.63. The fraction of sp³-hybridized carbons (Fsp3) is 0.421. The van der Waals surface area contributed by atoms with Crippen molar-refractivity contribution in [3.63, 3.8) is 0 Å². The third-order valence-electron chi connectivity index (χ3n) is 5.81. The van der Waals surface area contributed by atoms with E-state index >= 15 is 0 Å². The summed E-state index contributed by atoms with van der Waals surface area (Å²) < 4.78 is 0. The SMILES string of the molecule is O=C(NCCN1C(=O)C2C3C=CC(CC3)C2C1=O)Nc1ccc([N+](=O)[O-])cc1. The number of allylic oxidation sites excluding steroid dienone is 2. The lowest BCUT2D eigenvalue weighted by Gasteiger charge is -2.38. The highest BCUT2D eigenvalue weighted by molar-refractivity contribution is 6.06. The van der Waals surface area contributed by atoms with E-state index in [-0.39, 0.29) is 54.3 Å². The molecule has 4 aliphatic rings. The number of anilines is 1. The van der Waals surface area contributed by atoms with Crippen molar-refractivity contribution in [3.05, 3.63) is 46.5 Å². The molecule has 9 heteroatoms. The lowest BCUT2D eigenvalue weighted by molar-refractivity contribution is -0.384. The van der Waals surface area contributed by atoms with Gasteiger partial charge in [0, 0.05) is 30.9 Å². The third-order valence-corrected chi connectivity index (χ3v) is 5.81. The zero-order valence-electron chi connectivity index (χ0n) is 15.0. The van der Waals surface area contributed by atoms with E-state index in [1.807, 2.05) is 0 Å². The molecular formula is C19H20N4O5. The van der Waals surface area contributed by atoms with Crippen LogP contribution < -0.4 is 10.6 Å². The first-order chi connectivity index (χ1) is 13.5. The molecule has 2 N–H and O–H groups in total. The summed E-state index contributed by atoms with van der Waals surface area (Å²) in [7, 11) is 0. The highest BCUT2D eigenvalue weighted by Gasteiger charge is 2.56. The number of hydrogen-bond acceptors (Lipinski definition) is 5. The molecule has 1 saturated carbocycles. The summed E-state index contributed by atoms with van der Waals surface area (Å²) in [6.45, 7) is 0.274. The van der Waals surface area contributed by atoms with Gasteiger partial charge in [-0.3, -0.25) is 24.6 Å². The van der Waals surface area contributed by atoms with Crippen LogP contribution in [0.4, 0.5) is 16.2 Å². The van der Waals surface area contributed by atoms with Gasteiger partial charge in [0.1, 0.15) is 0 Å². The number of benzene rings is 1. The summed E-state index contributed by atoms with van der Waals surface area (Å²) in [6, 6.07) is 4.94. The summed E-state index contributed by atoms with van der Waals surface area (Å²) in [6.07, 6.45) is 6.04. The van der Waals surface area contributed by atoms with Gasteiger partial charge in [-0.1, -0.05) is 12.2 Å². The second-order valence-electron chi connectivity index (χ2n) is 7.35. The molecule has 1 aliphatic heterocycles. The Morgan fingerprint density at radius 2 is 1.64 bits per heavy atom. The van der Waals surface area contributed by atoms with Crippen LogP contribution in [-0.4, -0.2) is 40.8 Å². The molecule has 5 rings (SSSR count). The Hall–Kier alpha value is -3.23. The molecule has 1 aromatic rings. The van der Waals surface area contributed by atoms with E-state index in [0.717, 1.165) is 12.8 Å². The van der Waals surface area contributed by atoms with Crippen LogP contribution in [0, 0.1) is 33.8 Å². The molecule has 1 heterocycles. The Morgan fingerprint density at radius 1 is 1.07 bits per heavy atom. The number of nitro groups is 1. The molecule has 1 saturated heterocycles. The van der Waals surface area contributed by atoms with Crippen molar-refractivity contribution in [1.82, 2.24) is 10.2 Å². The van der Waals surface area contributed by atoms with E-state index < -0.39 is 11.0 Å². The number of carbonyl (C=O) groups is 3. The van der Waals surface area contributed by atoms with E-state index in [2.05, 4.69) is 22.8 Å². The quantitative estimate of drug-likeness (QED) is 0.348. The fourth-order valence-electron chi connectivity index (χ4n) is 4.48. The molecule has 0 radical (unpaired) electrons. The van der Waals surface area contributed by atoms with Gasteiger partial charge in [0.25, 0.3) is 5.69 Å². The molecule has 0 aromatic heterocycles. The number of likely N-dealkylation sites (tertiary alicyclic amines) is 1. The maximum Gasteiger partial charge on any atom is 0.319 e. The third kappa shape index (κ3) is 3.12. The van der Waals surface area contributed by atoms with Crippen LogP contribution in [0.1, 0.15) is 12.8 Å². The minimum Gasteiger partial charge on any atom is -0.336 e. The maximum absolute atomic E-state index is 12.7. The summed E-state index contributed by atoms with van der Waals surface area (Å²) >= 11 is 0. The molecule has 146 valence electrons. The predicted octanol–water partition coefficient (Wildman–Crippen LogP) is 1.91. The van der Waals surface area contributed by atoms with Gasteiger partial charge in [0.15, 0.2) is 0 Å². The van der Waals surface area contributed by atoms with Gasteiger partial charge in [0.05, 0.1) is 16.8 Å². The fourth-order valence-corrected chi connectivity index (χ4v) is 4.48. The zero-order valence-corrected chi connectivity index (χ0v) is 15.0. The molecular weight excluding hydrogens is 364 g/mol. The van der Waals surface area contributed by atoms with Gasteiger partial charge in [-0.25, -0.2) is 4.79 Å². The second-order valence-corrected chi connectivity index (χ2v) is 7.35. The van der Waals surface area contributed by atoms with Crippen LogP contribution in [-0.2, 0) is 9.59 Å². The van der Waals surface area contributed by atoms with Gasteiger partial charge < -0.3 is 10.6 Å². The maximum atomic E-state index is 12.7. The topological polar surface area (TPSA) is 122 Å². The molecule has 4 atom stereocenters. The molecule has 4 unspecified atom stereocenters. The predicted molar refractivity (Wildman–Crippen MR) is 99.2 cm³/mol. The van der Waals surface area contributed by atoms with Crippen LogP contribution in [0.15, 0.2) is 36.4 Å². The molecule has 2 fully saturated rings. The number of fused-ring (bicyclic) bond motifs is 1. The first-order valence-corrected chi connectivity index (χ1v) is 9.28. The van der Waals surface area contributed by atoms with Crippen LogP contribution in [0.2, 0.25) is 0 Å².